The SMILES string of the molecule is Cc1ccc(C(C)NCc2ccc(C)s2)c(C)c1. The predicted octanol–water partition coefficient (Wildman–Crippen LogP) is 4.52. The van der Waals surface area contributed by atoms with E-state index in [1.54, 1.807) is 0 Å². The third-order valence-electron chi connectivity index (χ3n) is 3.27. The number of nitrogens with one attached hydrogen (secondary N) is 1. The second-order valence-electron chi connectivity index (χ2n) is 4.97. The topological polar surface area (TPSA) is 12.0 Å². The zero-order valence-electron chi connectivity index (χ0n) is 11.6. The molecule has 2 aromatic rings. The van der Waals surface area contributed by atoms with Gasteiger partial charge in [0.1, 0.15) is 0 Å². The number of rotatable bonds is 4. The van der Waals surface area contributed by atoms with Crippen molar-refractivity contribution in [2.45, 2.75) is 40.3 Å². The van der Waals surface area contributed by atoms with Crippen molar-refractivity contribution in [3.63, 3.8) is 0 Å². The Morgan fingerprint density at radius 2 is 1.89 bits per heavy atom. The van der Waals surface area contributed by atoms with Gasteiger partial charge in [0.25, 0.3) is 0 Å². The summed E-state index contributed by atoms with van der Waals surface area (Å²) in [6, 6.07) is 11.5. The second kappa shape index (κ2) is 5.68. The van der Waals surface area contributed by atoms with E-state index in [-0.39, 0.29) is 0 Å². The van der Waals surface area contributed by atoms with Crippen LogP contribution in [-0.2, 0) is 6.54 Å². The Kier molecular flexibility index (Phi) is 4.20. The third-order valence-corrected chi connectivity index (χ3v) is 4.27. The molecule has 1 aromatic heterocycles. The van der Waals surface area contributed by atoms with Crippen LogP contribution in [0.2, 0.25) is 0 Å². The standard InChI is InChI=1S/C16H21NS/c1-11-5-8-16(12(2)9-11)14(4)17-10-15-7-6-13(3)18-15/h5-9,14,17H,10H2,1-4H3. The molecule has 0 radical (unpaired) electrons. The zero-order valence-corrected chi connectivity index (χ0v) is 12.4. The summed E-state index contributed by atoms with van der Waals surface area (Å²) in [5.41, 5.74) is 4.10. The Morgan fingerprint density at radius 3 is 2.50 bits per heavy atom. The fourth-order valence-corrected chi connectivity index (χ4v) is 3.10. The summed E-state index contributed by atoms with van der Waals surface area (Å²) < 4.78 is 0. The lowest BCUT2D eigenvalue weighted by Gasteiger charge is -2.16. The van der Waals surface area contributed by atoms with E-state index < -0.39 is 0 Å². The van der Waals surface area contributed by atoms with Gasteiger partial charge in [-0.05, 0) is 51.0 Å². The van der Waals surface area contributed by atoms with E-state index in [0.717, 1.165) is 6.54 Å². The summed E-state index contributed by atoms with van der Waals surface area (Å²) in [6.07, 6.45) is 0. The van der Waals surface area contributed by atoms with Gasteiger partial charge in [-0.2, -0.15) is 0 Å². The molecule has 1 nitrogen and oxygen atoms in total. The molecule has 96 valence electrons. The summed E-state index contributed by atoms with van der Waals surface area (Å²) in [7, 11) is 0. The van der Waals surface area contributed by atoms with Crippen molar-refractivity contribution in [2.75, 3.05) is 0 Å². The molecule has 0 bridgehead atoms. The molecule has 0 saturated carbocycles. The average Bonchev–Trinajstić information content (AvgIpc) is 2.72. The molecule has 0 spiro atoms. The van der Waals surface area contributed by atoms with Gasteiger partial charge in [-0.15, -0.1) is 11.3 Å². The van der Waals surface area contributed by atoms with E-state index >= 15 is 0 Å². The highest BCUT2D eigenvalue weighted by molar-refractivity contribution is 7.11. The van der Waals surface area contributed by atoms with E-state index in [2.05, 4.69) is 63.3 Å². The summed E-state index contributed by atoms with van der Waals surface area (Å²) in [6.45, 7) is 9.67. The fraction of sp³-hybridized carbons (Fsp3) is 0.375. The lowest BCUT2D eigenvalue weighted by Crippen LogP contribution is -2.18. The molecule has 1 aromatic carbocycles. The van der Waals surface area contributed by atoms with E-state index in [9.17, 15) is 0 Å². The van der Waals surface area contributed by atoms with E-state index in [4.69, 9.17) is 0 Å². The molecule has 0 aliphatic rings. The lowest BCUT2D eigenvalue weighted by molar-refractivity contribution is 0.576. The minimum atomic E-state index is 0.396. The first kappa shape index (κ1) is 13.3. The Labute approximate surface area is 114 Å². The molecule has 18 heavy (non-hydrogen) atoms. The van der Waals surface area contributed by atoms with Crippen molar-refractivity contribution in [1.82, 2.24) is 5.32 Å². The van der Waals surface area contributed by atoms with Crippen LogP contribution in [0.25, 0.3) is 0 Å². The number of benzene rings is 1. The number of aryl methyl sites for hydroxylation is 3. The highest BCUT2D eigenvalue weighted by Gasteiger charge is 2.08. The normalized spacial score (nSPS) is 12.7. The van der Waals surface area contributed by atoms with Crippen molar-refractivity contribution in [3.8, 4) is 0 Å². The van der Waals surface area contributed by atoms with Crippen molar-refractivity contribution >= 4 is 11.3 Å². The van der Waals surface area contributed by atoms with Crippen LogP contribution >= 0.6 is 11.3 Å². The van der Waals surface area contributed by atoms with Crippen molar-refractivity contribution in [2.24, 2.45) is 0 Å². The van der Waals surface area contributed by atoms with Crippen LogP contribution in [0.1, 0.15) is 39.4 Å². The molecule has 1 N–H and O–H groups in total. The molecule has 1 heterocycles. The van der Waals surface area contributed by atoms with Crippen molar-refractivity contribution < 1.29 is 0 Å². The zero-order chi connectivity index (χ0) is 13.1. The maximum atomic E-state index is 3.60. The largest absolute Gasteiger partial charge is 0.305 e. The van der Waals surface area contributed by atoms with Crippen molar-refractivity contribution in [3.05, 3.63) is 56.8 Å². The van der Waals surface area contributed by atoms with E-state index in [1.807, 2.05) is 11.3 Å². The molecule has 0 aliphatic carbocycles. The molecule has 1 atom stereocenters. The van der Waals surface area contributed by atoms with E-state index in [0.29, 0.717) is 6.04 Å². The molecule has 0 fully saturated rings. The van der Waals surface area contributed by atoms with Gasteiger partial charge in [-0.3, -0.25) is 0 Å². The third kappa shape index (κ3) is 3.21. The van der Waals surface area contributed by atoms with Gasteiger partial charge >= 0.3 is 0 Å². The maximum Gasteiger partial charge on any atom is 0.0305 e. The van der Waals surface area contributed by atoms with Gasteiger partial charge in [0, 0.05) is 22.3 Å². The van der Waals surface area contributed by atoms with Gasteiger partial charge in [-0.1, -0.05) is 23.8 Å². The minimum absolute atomic E-state index is 0.396. The molecule has 0 amide bonds. The summed E-state index contributed by atoms with van der Waals surface area (Å²) >= 11 is 1.87. The van der Waals surface area contributed by atoms with Gasteiger partial charge in [-0.25, -0.2) is 0 Å². The second-order valence-corrected chi connectivity index (χ2v) is 6.35. The van der Waals surface area contributed by atoms with Crippen LogP contribution in [0.5, 0.6) is 0 Å². The summed E-state index contributed by atoms with van der Waals surface area (Å²) in [5.74, 6) is 0. The van der Waals surface area contributed by atoms with Crippen LogP contribution in [0.15, 0.2) is 30.3 Å². The smallest absolute Gasteiger partial charge is 0.0305 e. The summed E-state index contributed by atoms with van der Waals surface area (Å²) in [4.78, 5) is 2.79. The maximum absolute atomic E-state index is 3.60. The highest BCUT2D eigenvalue weighted by Crippen LogP contribution is 2.20. The van der Waals surface area contributed by atoms with Gasteiger partial charge in [0.2, 0.25) is 0 Å². The quantitative estimate of drug-likeness (QED) is 0.851. The molecule has 2 heteroatoms. The average molecular weight is 259 g/mol. The Balaban J connectivity index is 2.01. The number of hydrogen-bond donors (Lipinski definition) is 1. The van der Waals surface area contributed by atoms with Crippen LogP contribution in [0.4, 0.5) is 0 Å². The Bertz CT molecular complexity index is 528. The van der Waals surface area contributed by atoms with Gasteiger partial charge in [0.05, 0.1) is 0 Å². The summed E-state index contributed by atoms with van der Waals surface area (Å²) in [5, 5.41) is 3.60. The molecule has 2 rings (SSSR count). The predicted molar refractivity (Wildman–Crippen MR) is 80.2 cm³/mol. The lowest BCUT2D eigenvalue weighted by atomic mass is 10.0. The van der Waals surface area contributed by atoms with Gasteiger partial charge in [0.15, 0.2) is 0 Å². The first-order chi connectivity index (χ1) is 8.56. The van der Waals surface area contributed by atoms with Crippen LogP contribution < -0.4 is 5.32 Å². The fourth-order valence-electron chi connectivity index (χ4n) is 2.26. The van der Waals surface area contributed by atoms with E-state index in [1.165, 1.54) is 26.4 Å². The monoisotopic (exact) mass is 259 g/mol. The Hall–Kier alpha value is -1.12. The molecule has 0 saturated heterocycles. The van der Waals surface area contributed by atoms with Gasteiger partial charge < -0.3 is 5.32 Å². The molecule has 0 aliphatic heterocycles. The van der Waals surface area contributed by atoms with Crippen LogP contribution in [0.3, 0.4) is 0 Å². The first-order valence-electron chi connectivity index (χ1n) is 6.42. The van der Waals surface area contributed by atoms with Crippen LogP contribution in [0, 0.1) is 20.8 Å². The molecule has 1 unspecified atom stereocenters. The Morgan fingerprint density at radius 1 is 1.11 bits per heavy atom. The minimum Gasteiger partial charge on any atom is -0.305 e. The molecular formula is C16H21NS. The number of thiophene rings is 1. The molecular weight excluding hydrogens is 238 g/mol. The van der Waals surface area contributed by atoms with Crippen LogP contribution in [-0.4, -0.2) is 0 Å². The highest BCUT2D eigenvalue weighted by atomic mass is 32.1. The number of hydrogen-bond acceptors (Lipinski definition) is 2. The van der Waals surface area contributed by atoms with Crippen molar-refractivity contribution in [1.29, 1.82) is 0 Å². The first-order valence-corrected chi connectivity index (χ1v) is 7.24.